The lowest BCUT2D eigenvalue weighted by Gasteiger charge is -2.29. The Labute approximate surface area is 151 Å². The van der Waals surface area contributed by atoms with Gasteiger partial charge in [0.1, 0.15) is 0 Å². The molecule has 26 heavy (non-hydrogen) atoms. The van der Waals surface area contributed by atoms with E-state index >= 15 is 0 Å². The first kappa shape index (κ1) is 19.5. The van der Waals surface area contributed by atoms with Crippen molar-refractivity contribution in [3.63, 3.8) is 0 Å². The second-order valence-electron chi connectivity index (χ2n) is 5.82. The zero-order valence-corrected chi connectivity index (χ0v) is 14.9. The fourth-order valence-electron chi connectivity index (χ4n) is 2.51. The van der Waals surface area contributed by atoms with Crippen molar-refractivity contribution in [1.82, 2.24) is 4.90 Å². The van der Waals surface area contributed by atoms with E-state index in [9.17, 15) is 14.4 Å². The Morgan fingerprint density at radius 2 is 2.00 bits per heavy atom. The van der Waals surface area contributed by atoms with E-state index in [1.165, 1.54) is 19.1 Å². The number of esters is 1. The normalized spacial score (nSPS) is 13.8. The average Bonchev–Trinajstić information content (AvgIpc) is 2.66. The van der Waals surface area contributed by atoms with E-state index in [1.54, 1.807) is 12.1 Å². The number of anilines is 2. The van der Waals surface area contributed by atoms with Gasteiger partial charge in [-0.2, -0.15) is 0 Å². The van der Waals surface area contributed by atoms with Crippen LogP contribution in [0.2, 0.25) is 0 Å². The minimum absolute atomic E-state index is 0.0561. The minimum atomic E-state index is -0.991. The fourth-order valence-corrected chi connectivity index (χ4v) is 2.51. The number of morpholine rings is 1. The molecule has 2 rings (SSSR count). The first-order valence-electron chi connectivity index (χ1n) is 8.21. The highest BCUT2D eigenvalue weighted by Gasteiger charge is 2.19. The zero-order valence-electron chi connectivity index (χ0n) is 14.9. The van der Waals surface area contributed by atoms with Crippen LogP contribution in [0, 0.1) is 0 Å². The number of methoxy groups -OCH3 is 1. The highest BCUT2D eigenvalue weighted by molar-refractivity contribution is 6.01. The molecule has 1 fully saturated rings. The Morgan fingerprint density at radius 1 is 1.31 bits per heavy atom. The van der Waals surface area contributed by atoms with Crippen molar-refractivity contribution in [2.24, 2.45) is 0 Å². The summed E-state index contributed by atoms with van der Waals surface area (Å²) in [7, 11) is 2.76. The maximum Gasteiger partial charge on any atom is 0.340 e. The maximum atomic E-state index is 12.2. The molecule has 9 nitrogen and oxygen atoms in total. The van der Waals surface area contributed by atoms with E-state index in [0.717, 1.165) is 5.69 Å². The molecule has 1 aliphatic rings. The summed E-state index contributed by atoms with van der Waals surface area (Å²) in [6, 6.07) is 4.62. The molecule has 0 aliphatic carbocycles. The van der Waals surface area contributed by atoms with Crippen molar-refractivity contribution in [2.75, 3.05) is 57.2 Å². The summed E-state index contributed by atoms with van der Waals surface area (Å²) in [5.41, 5.74) is 1.38. The van der Waals surface area contributed by atoms with Crippen LogP contribution in [-0.2, 0) is 14.3 Å². The van der Waals surface area contributed by atoms with Gasteiger partial charge in [0, 0.05) is 32.4 Å². The summed E-state index contributed by atoms with van der Waals surface area (Å²) in [5.74, 6) is -1.56. The summed E-state index contributed by atoms with van der Waals surface area (Å²) in [6.45, 7) is 2.70. The number of ether oxygens (including phenoxy) is 2. The highest BCUT2D eigenvalue weighted by Crippen LogP contribution is 2.25. The second kappa shape index (κ2) is 9.04. The predicted molar refractivity (Wildman–Crippen MR) is 94.7 cm³/mol. The third-order valence-corrected chi connectivity index (χ3v) is 4.03. The third kappa shape index (κ3) is 5.09. The number of rotatable bonds is 6. The van der Waals surface area contributed by atoms with E-state index in [0.29, 0.717) is 32.0 Å². The lowest BCUT2D eigenvalue weighted by Crippen LogP contribution is -2.36. The molecule has 1 aromatic carbocycles. The number of carboxylic acid groups (broad SMARTS) is 1. The monoisotopic (exact) mass is 365 g/mol. The number of hydrogen-bond donors (Lipinski definition) is 2. The van der Waals surface area contributed by atoms with Gasteiger partial charge >= 0.3 is 18.0 Å². The Hall–Kier alpha value is -2.81. The lowest BCUT2D eigenvalue weighted by molar-refractivity contribution is -0.137. The molecule has 0 spiro atoms. The number of nitrogens with one attached hydrogen (secondary N) is 1. The molecule has 0 aromatic heterocycles. The molecular weight excluding hydrogens is 342 g/mol. The van der Waals surface area contributed by atoms with Crippen molar-refractivity contribution in [3.8, 4) is 0 Å². The number of benzene rings is 1. The molecule has 9 heteroatoms. The molecule has 1 aliphatic heterocycles. The lowest BCUT2D eigenvalue weighted by atomic mass is 10.1. The Morgan fingerprint density at radius 3 is 2.62 bits per heavy atom. The Balaban J connectivity index is 2.17. The first-order valence-corrected chi connectivity index (χ1v) is 8.21. The SMILES string of the molecule is COC(=O)c1cc(N2CCOCC2)ccc1NC(=O)N(C)CCC(=O)O. The Bertz CT molecular complexity index is 672. The molecule has 0 atom stereocenters. The fraction of sp³-hybridized carbons (Fsp3) is 0.471. The van der Waals surface area contributed by atoms with Crippen molar-refractivity contribution in [2.45, 2.75) is 6.42 Å². The van der Waals surface area contributed by atoms with Crippen LogP contribution in [0.5, 0.6) is 0 Å². The van der Waals surface area contributed by atoms with Gasteiger partial charge < -0.3 is 29.7 Å². The molecular formula is C17H23N3O6. The van der Waals surface area contributed by atoms with E-state index in [4.69, 9.17) is 14.6 Å². The van der Waals surface area contributed by atoms with Gasteiger partial charge in [-0.25, -0.2) is 9.59 Å². The van der Waals surface area contributed by atoms with Crippen molar-refractivity contribution in [1.29, 1.82) is 0 Å². The van der Waals surface area contributed by atoms with Crippen molar-refractivity contribution < 1.29 is 29.0 Å². The number of amides is 2. The summed E-state index contributed by atoms with van der Waals surface area (Å²) in [5, 5.41) is 11.3. The van der Waals surface area contributed by atoms with Crippen LogP contribution in [0.25, 0.3) is 0 Å². The van der Waals surface area contributed by atoms with E-state index in [1.807, 2.05) is 6.07 Å². The molecule has 0 radical (unpaired) electrons. The topological polar surface area (TPSA) is 108 Å². The predicted octanol–water partition coefficient (Wildman–Crippen LogP) is 1.25. The highest BCUT2D eigenvalue weighted by atomic mass is 16.5. The number of carboxylic acids is 1. The smallest absolute Gasteiger partial charge is 0.340 e. The number of nitrogens with zero attached hydrogens (tertiary/aromatic N) is 2. The van der Waals surface area contributed by atoms with Crippen LogP contribution in [-0.4, -0.2) is 75.0 Å². The van der Waals surface area contributed by atoms with E-state index in [-0.39, 0.29) is 18.5 Å². The van der Waals surface area contributed by atoms with Gasteiger partial charge in [-0.3, -0.25) is 4.79 Å². The van der Waals surface area contributed by atoms with Gasteiger partial charge in [-0.15, -0.1) is 0 Å². The molecule has 0 saturated carbocycles. The van der Waals surface area contributed by atoms with Crippen LogP contribution < -0.4 is 10.2 Å². The van der Waals surface area contributed by atoms with Crippen LogP contribution in [0.3, 0.4) is 0 Å². The van der Waals surface area contributed by atoms with Gasteiger partial charge in [0.2, 0.25) is 0 Å². The summed E-state index contributed by atoms with van der Waals surface area (Å²) in [6.07, 6.45) is -0.163. The summed E-state index contributed by atoms with van der Waals surface area (Å²) >= 11 is 0. The minimum Gasteiger partial charge on any atom is -0.481 e. The summed E-state index contributed by atoms with van der Waals surface area (Å²) in [4.78, 5) is 38.3. The van der Waals surface area contributed by atoms with Crippen LogP contribution in [0.1, 0.15) is 16.8 Å². The number of hydrogen-bond acceptors (Lipinski definition) is 6. The molecule has 1 heterocycles. The van der Waals surface area contributed by atoms with Crippen molar-refractivity contribution in [3.05, 3.63) is 23.8 Å². The van der Waals surface area contributed by atoms with Gasteiger partial charge in [0.25, 0.3) is 0 Å². The van der Waals surface area contributed by atoms with Gasteiger partial charge in [-0.1, -0.05) is 0 Å². The largest absolute Gasteiger partial charge is 0.481 e. The van der Waals surface area contributed by atoms with E-state index in [2.05, 4.69) is 10.2 Å². The molecule has 1 saturated heterocycles. The number of urea groups is 1. The Kier molecular flexibility index (Phi) is 6.79. The molecule has 1 aromatic rings. The second-order valence-corrected chi connectivity index (χ2v) is 5.82. The van der Waals surface area contributed by atoms with Crippen LogP contribution in [0.4, 0.5) is 16.2 Å². The van der Waals surface area contributed by atoms with E-state index < -0.39 is 18.0 Å². The van der Waals surface area contributed by atoms with Gasteiger partial charge in [-0.05, 0) is 18.2 Å². The number of carbonyl (C=O) groups is 3. The van der Waals surface area contributed by atoms with Gasteiger partial charge in [0.15, 0.2) is 0 Å². The molecule has 0 unspecified atom stereocenters. The van der Waals surface area contributed by atoms with Crippen molar-refractivity contribution >= 4 is 29.3 Å². The zero-order chi connectivity index (χ0) is 19.1. The van der Waals surface area contributed by atoms with Crippen LogP contribution >= 0.6 is 0 Å². The average molecular weight is 365 g/mol. The summed E-state index contributed by atoms with van der Waals surface area (Å²) < 4.78 is 10.1. The van der Waals surface area contributed by atoms with Gasteiger partial charge in [0.05, 0.1) is 38.0 Å². The number of carbonyl (C=O) groups excluding carboxylic acids is 2. The molecule has 2 N–H and O–H groups in total. The number of aliphatic carboxylic acids is 1. The quantitative estimate of drug-likeness (QED) is 0.730. The standard InChI is InChI=1S/C17H23N3O6/c1-19(6-5-15(21)22)17(24)18-14-4-3-12(11-13(14)16(23)25-2)20-7-9-26-10-8-20/h3-4,11H,5-10H2,1-2H3,(H,18,24)(H,21,22). The van der Waals surface area contributed by atoms with Crippen LogP contribution in [0.15, 0.2) is 18.2 Å². The maximum absolute atomic E-state index is 12.2. The molecule has 142 valence electrons. The first-order chi connectivity index (χ1) is 12.4. The third-order valence-electron chi connectivity index (χ3n) is 4.03. The molecule has 2 amide bonds. The molecule has 0 bridgehead atoms.